The van der Waals surface area contributed by atoms with E-state index in [9.17, 15) is 9.18 Å². The molecular weight excluding hydrogens is 259 g/mol. The number of carbonyl (C=O) groups is 1. The summed E-state index contributed by atoms with van der Waals surface area (Å²) < 4.78 is 19.4. The zero-order valence-corrected chi connectivity index (χ0v) is 12.3. The van der Waals surface area contributed by atoms with E-state index in [0.717, 1.165) is 6.42 Å². The number of hydrogen-bond acceptors (Lipinski definition) is 3. The predicted octanol–water partition coefficient (Wildman–Crippen LogP) is 2.01. The van der Waals surface area contributed by atoms with E-state index in [2.05, 4.69) is 5.32 Å². The van der Waals surface area contributed by atoms with Crippen molar-refractivity contribution < 1.29 is 13.9 Å². The molecule has 0 heterocycles. The van der Waals surface area contributed by atoms with Gasteiger partial charge in [-0.1, -0.05) is 19.1 Å². The third-order valence-electron chi connectivity index (χ3n) is 2.80. The lowest BCUT2D eigenvalue weighted by Crippen LogP contribution is -2.37. The van der Waals surface area contributed by atoms with E-state index < -0.39 is 11.9 Å². The summed E-state index contributed by atoms with van der Waals surface area (Å²) in [5.74, 6) is -0.607. The molecule has 20 heavy (non-hydrogen) atoms. The van der Waals surface area contributed by atoms with Gasteiger partial charge in [0, 0.05) is 12.6 Å². The molecule has 3 N–H and O–H groups in total. The summed E-state index contributed by atoms with van der Waals surface area (Å²) in [5.41, 5.74) is 6.42. The van der Waals surface area contributed by atoms with Crippen LogP contribution in [-0.2, 0) is 11.2 Å². The van der Waals surface area contributed by atoms with Crippen LogP contribution in [0.2, 0.25) is 0 Å². The summed E-state index contributed by atoms with van der Waals surface area (Å²) in [6.07, 6.45) is 0.593. The topological polar surface area (TPSA) is 64.3 Å². The van der Waals surface area contributed by atoms with Gasteiger partial charge in [0.15, 0.2) is 17.7 Å². The Balaban J connectivity index is 2.82. The fourth-order valence-corrected chi connectivity index (χ4v) is 1.82. The van der Waals surface area contributed by atoms with Crippen LogP contribution in [0.15, 0.2) is 18.2 Å². The van der Waals surface area contributed by atoms with Crippen LogP contribution >= 0.6 is 0 Å². The Hall–Kier alpha value is -1.62. The van der Waals surface area contributed by atoms with Crippen LogP contribution in [0.3, 0.4) is 0 Å². The summed E-state index contributed by atoms with van der Waals surface area (Å²) in [5, 5.41) is 2.72. The Bertz CT molecular complexity index is 449. The van der Waals surface area contributed by atoms with Crippen LogP contribution in [0.1, 0.15) is 32.8 Å². The maximum atomic E-state index is 13.9. The van der Waals surface area contributed by atoms with Gasteiger partial charge in [0.05, 0.1) is 0 Å². The number of amides is 1. The normalized spacial score (nSPS) is 13.7. The van der Waals surface area contributed by atoms with Crippen LogP contribution in [0.4, 0.5) is 4.39 Å². The molecule has 0 radical (unpaired) electrons. The minimum Gasteiger partial charge on any atom is -0.478 e. The summed E-state index contributed by atoms with van der Waals surface area (Å²) in [6, 6.07) is 4.58. The zero-order valence-electron chi connectivity index (χ0n) is 12.3. The zero-order chi connectivity index (χ0) is 15.1. The van der Waals surface area contributed by atoms with Gasteiger partial charge in [-0.3, -0.25) is 4.79 Å². The molecule has 0 aliphatic rings. The van der Waals surface area contributed by atoms with Gasteiger partial charge in [0.2, 0.25) is 0 Å². The van der Waals surface area contributed by atoms with Crippen molar-refractivity contribution >= 4 is 5.91 Å². The molecular formula is C15H23FN2O2. The van der Waals surface area contributed by atoms with E-state index in [4.69, 9.17) is 10.5 Å². The van der Waals surface area contributed by atoms with Gasteiger partial charge >= 0.3 is 0 Å². The number of rotatable bonds is 7. The summed E-state index contributed by atoms with van der Waals surface area (Å²) in [7, 11) is 0. The maximum absolute atomic E-state index is 13.9. The Kier molecular flexibility index (Phi) is 6.45. The van der Waals surface area contributed by atoms with Crippen LogP contribution in [0, 0.1) is 5.82 Å². The largest absolute Gasteiger partial charge is 0.478 e. The second kappa shape index (κ2) is 7.85. The van der Waals surface area contributed by atoms with Gasteiger partial charge in [0.25, 0.3) is 5.91 Å². The molecule has 1 aromatic carbocycles. The van der Waals surface area contributed by atoms with E-state index >= 15 is 0 Å². The maximum Gasteiger partial charge on any atom is 0.260 e. The lowest BCUT2D eigenvalue weighted by molar-refractivity contribution is -0.127. The number of carbonyl (C=O) groups excluding carboxylic acids is 1. The molecule has 112 valence electrons. The molecule has 0 fully saturated rings. The number of para-hydroxylation sites is 1. The van der Waals surface area contributed by atoms with E-state index in [1.165, 1.54) is 6.07 Å². The first-order chi connectivity index (χ1) is 9.45. The van der Waals surface area contributed by atoms with E-state index in [0.29, 0.717) is 18.5 Å². The van der Waals surface area contributed by atoms with E-state index in [1.807, 2.05) is 13.8 Å². The molecule has 1 amide bonds. The SMILES string of the molecule is CCCNC(=O)C(C)Oc1c(F)cccc1CC(C)N. The second-order valence-corrected chi connectivity index (χ2v) is 4.96. The van der Waals surface area contributed by atoms with Gasteiger partial charge in [-0.05, 0) is 38.3 Å². The molecule has 0 aliphatic carbocycles. The second-order valence-electron chi connectivity index (χ2n) is 4.96. The van der Waals surface area contributed by atoms with Crippen molar-refractivity contribution in [3.8, 4) is 5.75 Å². The fraction of sp³-hybridized carbons (Fsp3) is 0.533. The van der Waals surface area contributed by atoms with Crippen LogP contribution in [-0.4, -0.2) is 24.6 Å². The summed E-state index contributed by atoms with van der Waals surface area (Å²) in [4.78, 5) is 11.8. The van der Waals surface area contributed by atoms with Crippen LogP contribution in [0.5, 0.6) is 5.75 Å². The molecule has 1 aromatic rings. The Morgan fingerprint density at radius 1 is 1.45 bits per heavy atom. The molecule has 0 saturated heterocycles. The van der Waals surface area contributed by atoms with Gasteiger partial charge in [-0.25, -0.2) is 4.39 Å². The number of nitrogens with one attached hydrogen (secondary N) is 1. The molecule has 0 bridgehead atoms. The third kappa shape index (κ3) is 4.81. The smallest absolute Gasteiger partial charge is 0.260 e. The number of nitrogens with two attached hydrogens (primary N) is 1. The van der Waals surface area contributed by atoms with E-state index in [1.54, 1.807) is 19.1 Å². The van der Waals surface area contributed by atoms with Crippen molar-refractivity contribution in [2.75, 3.05) is 6.54 Å². The highest BCUT2D eigenvalue weighted by Crippen LogP contribution is 2.25. The first-order valence-corrected chi connectivity index (χ1v) is 6.93. The Labute approximate surface area is 119 Å². The Morgan fingerprint density at radius 2 is 2.15 bits per heavy atom. The van der Waals surface area contributed by atoms with Gasteiger partial charge in [-0.15, -0.1) is 0 Å². The molecule has 0 aliphatic heterocycles. The molecule has 2 unspecified atom stereocenters. The standard InChI is InChI=1S/C15H23FN2O2/c1-4-8-18-15(19)11(3)20-14-12(9-10(2)17)6-5-7-13(14)16/h5-7,10-11H,4,8-9,17H2,1-3H3,(H,18,19). The number of benzene rings is 1. The van der Waals surface area contributed by atoms with Gasteiger partial charge in [0.1, 0.15) is 0 Å². The summed E-state index contributed by atoms with van der Waals surface area (Å²) in [6.45, 7) is 5.99. The molecule has 2 atom stereocenters. The van der Waals surface area contributed by atoms with E-state index in [-0.39, 0.29) is 17.7 Å². The molecule has 1 rings (SSSR count). The predicted molar refractivity (Wildman–Crippen MR) is 77.1 cm³/mol. The van der Waals surface area contributed by atoms with Gasteiger partial charge in [-0.2, -0.15) is 0 Å². The summed E-state index contributed by atoms with van der Waals surface area (Å²) >= 11 is 0. The molecule has 5 heteroatoms. The average molecular weight is 282 g/mol. The first kappa shape index (κ1) is 16.4. The van der Waals surface area contributed by atoms with Gasteiger partial charge < -0.3 is 15.8 Å². The van der Waals surface area contributed by atoms with Crippen molar-refractivity contribution in [1.29, 1.82) is 0 Å². The lowest BCUT2D eigenvalue weighted by Gasteiger charge is -2.18. The highest BCUT2D eigenvalue weighted by Gasteiger charge is 2.19. The number of ether oxygens (including phenoxy) is 1. The van der Waals surface area contributed by atoms with Crippen molar-refractivity contribution in [1.82, 2.24) is 5.32 Å². The molecule has 0 spiro atoms. The van der Waals surface area contributed by atoms with Crippen molar-refractivity contribution in [3.05, 3.63) is 29.6 Å². The number of hydrogen-bond donors (Lipinski definition) is 2. The highest BCUT2D eigenvalue weighted by molar-refractivity contribution is 5.80. The highest BCUT2D eigenvalue weighted by atomic mass is 19.1. The monoisotopic (exact) mass is 282 g/mol. The molecule has 0 aromatic heterocycles. The third-order valence-corrected chi connectivity index (χ3v) is 2.80. The minimum atomic E-state index is -0.745. The molecule has 0 saturated carbocycles. The number of halogens is 1. The lowest BCUT2D eigenvalue weighted by atomic mass is 10.1. The first-order valence-electron chi connectivity index (χ1n) is 6.93. The van der Waals surface area contributed by atoms with Crippen LogP contribution in [0.25, 0.3) is 0 Å². The van der Waals surface area contributed by atoms with Crippen molar-refractivity contribution in [2.45, 2.75) is 45.8 Å². The fourth-order valence-electron chi connectivity index (χ4n) is 1.82. The average Bonchev–Trinajstić information content (AvgIpc) is 2.39. The minimum absolute atomic E-state index is 0.108. The Morgan fingerprint density at radius 3 is 2.75 bits per heavy atom. The van der Waals surface area contributed by atoms with Crippen molar-refractivity contribution in [2.24, 2.45) is 5.73 Å². The quantitative estimate of drug-likeness (QED) is 0.804. The molecule has 4 nitrogen and oxygen atoms in total. The van der Waals surface area contributed by atoms with Crippen LogP contribution < -0.4 is 15.8 Å². The van der Waals surface area contributed by atoms with Crippen molar-refractivity contribution in [3.63, 3.8) is 0 Å².